The quantitative estimate of drug-likeness (QED) is 0.871. The van der Waals surface area contributed by atoms with Crippen LogP contribution in [0, 0.1) is 0 Å². The number of benzene rings is 1. The molecule has 1 fully saturated rings. The topological polar surface area (TPSA) is 58.4 Å². The van der Waals surface area contributed by atoms with Crippen molar-refractivity contribution in [1.29, 1.82) is 0 Å². The molecule has 4 nitrogen and oxygen atoms in total. The number of hydrogen-bond acceptors (Lipinski definition) is 3. The highest BCUT2D eigenvalue weighted by atomic mass is 16.2. The van der Waals surface area contributed by atoms with Crippen molar-refractivity contribution in [3.05, 3.63) is 29.8 Å². The molecule has 0 radical (unpaired) electrons. The van der Waals surface area contributed by atoms with Crippen molar-refractivity contribution in [1.82, 2.24) is 4.90 Å². The van der Waals surface area contributed by atoms with Crippen molar-refractivity contribution in [3.63, 3.8) is 0 Å². The van der Waals surface area contributed by atoms with Gasteiger partial charge >= 0.3 is 0 Å². The molecule has 1 saturated carbocycles. The van der Waals surface area contributed by atoms with E-state index in [1.165, 1.54) is 5.56 Å². The maximum atomic E-state index is 12.2. The molecular formula is C15H23N3O. The van der Waals surface area contributed by atoms with Gasteiger partial charge in [-0.15, -0.1) is 0 Å². The lowest BCUT2D eigenvalue weighted by atomic mass is 9.98. The van der Waals surface area contributed by atoms with Crippen LogP contribution >= 0.6 is 0 Å². The number of nitrogens with two attached hydrogens (primary N) is 1. The number of hydrogen-bond donors (Lipinski definition) is 2. The standard InChI is InChI=1S/C15H23N3O/c1-18(2)11-12-5-7-13(8-6-12)17-14(19)15(16)9-3-4-10-15/h5-8H,3-4,9-11,16H2,1-2H3,(H,17,19). The summed E-state index contributed by atoms with van der Waals surface area (Å²) < 4.78 is 0. The molecule has 1 aromatic carbocycles. The molecule has 0 spiro atoms. The molecule has 1 aromatic rings. The Kier molecular flexibility index (Phi) is 4.22. The van der Waals surface area contributed by atoms with Gasteiger partial charge in [0, 0.05) is 12.2 Å². The first-order chi connectivity index (χ1) is 8.99. The van der Waals surface area contributed by atoms with Crippen LogP contribution in [0.2, 0.25) is 0 Å². The van der Waals surface area contributed by atoms with Gasteiger partial charge in [-0.1, -0.05) is 25.0 Å². The van der Waals surface area contributed by atoms with Crippen molar-refractivity contribution in [2.75, 3.05) is 19.4 Å². The van der Waals surface area contributed by atoms with E-state index >= 15 is 0 Å². The second kappa shape index (κ2) is 5.72. The maximum absolute atomic E-state index is 12.2. The molecule has 0 atom stereocenters. The highest BCUT2D eigenvalue weighted by Gasteiger charge is 2.36. The Morgan fingerprint density at radius 1 is 1.26 bits per heavy atom. The Balaban J connectivity index is 1.97. The molecule has 19 heavy (non-hydrogen) atoms. The fourth-order valence-corrected chi connectivity index (χ4v) is 2.55. The molecule has 1 amide bonds. The first-order valence-electron chi connectivity index (χ1n) is 6.84. The first-order valence-corrected chi connectivity index (χ1v) is 6.84. The van der Waals surface area contributed by atoms with Crippen LogP contribution in [-0.2, 0) is 11.3 Å². The molecule has 0 heterocycles. The zero-order valence-electron chi connectivity index (χ0n) is 11.8. The molecule has 0 bridgehead atoms. The molecule has 0 saturated heterocycles. The van der Waals surface area contributed by atoms with Gasteiger partial charge in [-0.2, -0.15) is 0 Å². The van der Waals surface area contributed by atoms with Gasteiger partial charge in [-0.3, -0.25) is 4.79 Å². The monoisotopic (exact) mass is 261 g/mol. The van der Waals surface area contributed by atoms with Gasteiger partial charge in [0.15, 0.2) is 0 Å². The smallest absolute Gasteiger partial charge is 0.244 e. The zero-order valence-corrected chi connectivity index (χ0v) is 11.8. The van der Waals surface area contributed by atoms with Crippen LogP contribution in [0.15, 0.2) is 24.3 Å². The van der Waals surface area contributed by atoms with Crippen molar-refractivity contribution in [2.24, 2.45) is 5.73 Å². The summed E-state index contributed by atoms with van der Waals surface area (Å²) in [5.74, 6) is -0.0506. The largest absolute Gasteiger partial charge is 0.324 e. The number of nitrogens with one attached hydrogen (secondary N) is 1. The molecule has 0 unspecified atom stereocenters. The third-order valence-corrected chi connectivity index (χ3v) is 3.66. The Hall–Kier alpha value is -1.39. The van der Waals surface area contributed by atoms with Crippen LogP contribution in [0.1, 0.15) is 31.2 Å². The average Bonchev–Trinajstić information content (AvgIpc) is 2.79. The van der Waals surface area contributed by atoms with Crippen molar-refractivity contribution in [2.45, 2.75) is 37.8 Å². The fraction of sp³-hybridized carbons (Fsp3) is 0.533. The predicted molar refractivity (Wildman–Crippen MR) is 77.8 cm³/mol. The van der Waals surface area contributed by atoms with E-state index in [-0.39, 0.29) is 5.91 Å². The van der Waals surface area contributed by atoms with Crippen LogP contribution in [-0.4, -0.2) is 30.4 Å². The summed E-state index contributed by atoms with van der Waals surface area (Å²) in [6.07, 6.45) is 3.67. The van der Waals surface area contributed by atoms with E-state index in [9.17, 15) is 4.79 Å². The summed E-state index contributed by atoms with van der Waals surface area (Å²) in [6, 6.07) is 7.95. The lowest BCUT2D eigenvalue weighted by Gasteiger charge is -2.22. The van der Waals surface area contributed by atoms with E-state index in [0.29, 0.717) is 0 Å². The van der Waals surface area contributed by atoms with Crippen LogP contribution in [0.5, 0.6) is 0 Å². The molecule has 4 heteroatoms. The molecule has 104 valence electrons. The average molecular weight is 261 g/mol. The van der Waals surface area contributed by atoms with E-state index in [1.54, 1.807) is 0 Å². The summed E-state index contributed by atoms with van der Waals surface area (Å²) >= 11 is 0. The third kappa shape index (κ3) is 3.55. The summed E-state index contributed by atoms with van der Waals surface area (Å²) in [5, 5.41) is 2.93. The van der Waals surface area contributed by atoms with Gasteiger partial charge in [0.2, 0.25) is 5.91 Å². The third-order valence-electron chi connectivity index (χ3n) is 3.66. The number of carbonyl (C=O) groups is 1. The SMILES string of the molecule is CN(C)Cc1ccc(NC(=O)C2(N)CCCC2)cc1. The Morgan fingerprint density at radius 3 is 2.37 bits per heavy atom. The van der Waals surface area contributed by atoms with E-state index in [4.69, 9.17) is 5.73 Å². The fourth-order valence-electron chi connectivity index (χ4n) is 2.55. The zero-order chi connectivity index (χ0) is 13.9. The molecule has 1 aliphatic carbocycles. The minimum atomic E-state index is -0.664. The van der Waals surface area contributed by atoms with Gasteiger partial charge in [0.05, 0.1) is 5.54 Å². The van der Waals surface area contributed by atoms with Crippen molar-refractivity contribution < 1.29 is 4.79 Å². The molecule has 0 aromatic heterocycles. The van der Waals surface area contributed by atoms with Gasteiger partial charge in [-0.05, 0) is 44.6 Å². The summed E-state index contributed by atoms with van der Waals surface area (Å²) in [4.78, 5) is 14.3. The van der Waals surface area contributed by atoms with Gasteiger partial charge in [-0.25, -0.2) is 0 Å². The van der Waals surface area contributed by atoms with Gasteiger partial charge in [0.1, 0.15) is 0 Å². The minimum Gasteiger partial charge on any atom is -0.324 e. The second-order valence-electron chi connectivity index (χ2n) is 5.75. The van der Waals surface area contributed by atoms with Crippen LogP contribution in [0.4, 0.5) is 5.69 Å². The highest BCUT2D eigenvalue weighted by molar-refractivity contribution is 5.98. The van der Waals surface area contributed by atoms with E-state index < -0.39 is 5.54 Å². The first kappa shape index (κ1) is 14.0. The number of rotatable bonds is 4. The number of amides is 1. The van der Waals surface area contributed by atoms with Crippen molar-refractivity contribution in [3.8, 4) is 0 Å². The van der Waals surface area contributed by atoms with E-state index in [1.807, 2.05) is 38.4 Å². The minimum absolute atomic E-state index is 0.0506. The normalized spacial score (nSPS) is 17.7. The molecular weight excluding hydrogens is 238 g/mol. The van der Waals surface area contributed by atoms with Crippen LogP contribution < -0.4 is 11.1 Å². The lowest BCUT2D eigenvalue weighted by Crippen LogP contribution is -2.48. The molecule has 0 aliphatic heterocycles. The van der Waals surface area contributed by atoms with Crippen molar-refractivity contribution >= 4 is 11.6 Å². The second-order valence-corrected chi connectivity index (χ2v) is 5.75. The summed E-state index contributed by atoms with van der Waals surface area (Å²) in [6.45, 7) is 0.898. The summed E-state index contributed by atoms with van der Waals surface area (Å²) in [5.41, 5.74) is 7.51. The maximum Gasteiger partial charge on any atom is 0.244 e. The van der Waals surface area contributed by atoms with Gasteiger partial charge < -0.3 is 16.0 Å². The molecule has 3 N–H and O–H groups in total. The van der Waals surface area contributed by atoms with E-state index in [0.717, 1.165) is 37.9 Å². The lowest BCUT2D eigenvalue weighted by molar-refractivity contribution is -0.121. The molecule has 2 rings (SSSR count). The van der Waals surface area contributed by atoms with Crippen LogP contribution in [0.3, 0.4) is 0 Å². The highest BCUT2D eigenvalue weighted by Crippen LogP contribution is 2.28. The Labute approximate surface area is 115 Å². The number of anilines is 1. The van der Waals surface area contributed by atoms with E-state index in [2.05, 4.69) is 10.2 Å². The number of nitrogens with zero attached hydrogens (tertiary/aromatic N) is 1. The van der Waals surface area contributed by atoms with Crippen LogP contribution in [0.25, 0.3) is 0 Å². The predicted octanol–water partition coefficient (Wildman–Crippen LogP) is 1.96. The number of carbonyl (C=O) groups excluding carboxylic acids is 1. The summed E-state index contributed by atoms with van der Waals surface area (Å²) in [7, 11) is 4.07. The Morgan fingerprint density at radius 2 is 1.84 bits per heavy atom. The molecule has 1 aliphatic rings. The Bertz CT molecular complexity index is 433. The van der Waals surface area contributed by atoms with Gasteiger partial charge in [0.25, 0.3) is 0 Å².